The van der Waals surface area contributed by atoms with Crippen molar-refractivity contribution in [3.8, 4) is 23.0 Å². The van der Waals surface area contributed by atoms with Gasteiger partial charge in [0.25, 0.3) is 0 Å². The van der Waals surface area contributed by atoms with Crippen LogP contribution in [-0.4, -0.2) is 20.0 Å². The predicted molar refractivity (Wildman–Crippen MR) is 74.1 cm³/mol. The first-order valence-corrected chi connectivity index (χ1v) is 6.38. The van der Waals surface area contributed by atoms with Gasteiger partial charge in [-0.05, 0) is 12.1 Å². The van der Waals surface area contributed by atoms with Crippen LogP contribution in [0.25, 0.3) is 0 Å². The molecule has 0 bridgehead atoms. The number of methoxy groups -OCH3 is 2. The highest BCUT2D eigenvalue weighted by Gasteiger charge is 2.27. The smallest absolute Gasteiger partial charge is 0.174 e. The number of benzene rings is 2. The van der Waals surface area contributed by atoms with Crippen molar-refractivity contribution in [2.45, 2.75) is 6.42 Å². The molecular weight excluding hydrogens is 275 g/mol. The second-order valence-corrected chi connectivity index (χ2v) is 4.62. The Morgan fingerprint density at radius 3 is 2.67 bits per heavy atom. The third-order valence-electron chi connectivity index (χ3n) is 3.41. The van der Waals surface area contributed by atoms with Crippen molar-refractivity contribution >= 4 is 5.78 Å². The van der Waals surface area contributed by atoms with Gasteiger partial charge < -0.3 is 14.2 Å². The van der Waals surface area contributed by atoms with Gasteiger partial charge in [-0.1, -0.05) is 6.07 Å². The first kappa shape index (κ1) is 13.4. The fourth-order valence-corrected chi connectivity index (χ4v) is 2.37. The van der Waals surface area contributed by atoms with E-state index >= 15 is 0 Å². The van der Waals surface area contributed by atoms with Crippen molar-refractivity contribution in [2.24, 2.45) is 0 Å². The number of fused-ring (bicyclic) bond motifs is 2. The lowest BCUT2D eigenvalue weighted by atomic mass is 10.0. The average Bonchev–Trinajstić information content (AvgIpc) is 2.63. The number of carbonyl (C=O) groups is 1. The van der Waals surface area contributed by atoms with E-state index in [0.29, 0.717) is 28.6 Å². The van der Waals surface area contributed by atoms with Gasteiger partial charge in [0.2, 0.25) is 0 Å². The van der Waals surface area contributed by atoms with E-state index in [1.807, 2.05) is 0 Å². The Kier molecular flexibility index (Phi) is 3.25. The average molecular weight is 288 g/mol. The van der Waals surface area contributed by atoms with Gasteiger partial charge in [-0.15, -0.1) is 0 Å². The standard InChI is InChI=1S/C16H13FO4/c1-19-9-6-14(20-2)16-12(18)8-10-11(17)4-3-5-13(10)21-15(16)7-9/h3-7H,8H2,1-2H3. The molecule has 2 aromatic carbocycles. The number of hydrogen-bond acceptors (Lipinski definition) is 4. The van der Waals surface area contributed by atoms with Gasteiger partial charge in [-0.2, -0.15) is 0 Å². The minimum atomic E-state index is -0.459. The molecule has 21 heavy (non-hydrogen) atoms. The molecule has 0 atom stereocenters. The lowest BCUT2D eigenvalue weighted by Gasteiger charge is -2.13. The van der Waals surface area contributed by atoms with Crippen molar-refractivity contribution in [3.05, 3.63) is 47.3 Å². The number of ether oxygens (including phenoxy) is 3. The van der Waals surface area contributed by atoms with E-state index in [0.717, 1.165) is 0 Å². The molecule has 1 heterocycles. The Balaban J connectivity index is 2.22. The van der Waals surface area contributed by atoms with Crippen LogP contribution in [0.1, 0.15) is 15.9 Å². The maximum atomic E-state index is 13.9. The molecule has 0 aromatic heterocycles. The summed E-state index contributed by atoms with van der Waals surface area (Å²) in [7, 11) is 2.97. The zero-order chi connectivity index (χ0) is 15.0. The molecule has 2 aromatic rings. The van der Waals surface area contributed by atoms with Gasteiger partial charge in [-0.3, -0.25) is 4.79 Å². The van der Waals surface area contributed by atoms with Gasteiger partial charge in [0.05, 0.1) is 14.2 Å². The maximum Gasteiger partial charge on any atom is 0.174 e. The molecule has 0 unspecified atom stereocenters. The Labute approximate surface area is 121 Å². The number of halogens is 1. The van der Waals surface area contributed by atoms with E-state index in [1.54, 1.807) is 24.3 Å². The van der Waals surface area contributed by atoms with Crippen LogP contribution in [-0.2, 0) is 6.42 Å². The van der Waals surface area contributed by atoms with Crippen molar-refractivity contribution in [2.75, 3.05) is 14.2 Å². The number of ketones is 1. The third-order valence-corrected chi connectivity index (χ3v) is 3.41. The van der Waals surface area contributed by atoms with Gasteiger partial charge in [-0.25, -0.2) is 4.39 Å². The lowest BCUT2D eigenvalue weighted by Crippen LogP contribution is -2.06. The van der Waals surface area contributed by atoms with Crippen LogP contribution in [0.2, 0.25) is 0 Å². The summed E-state index contributed by atoms with van der Waals surface area (Å²) < 4.78 is 30.0. The molecular formula is C16H13FO4. The van der Waals surface area contributed by atoms with Crippen molar-refractivity contribution < 1.29 is 23.4 Å². The Morgan fingerprint density at radius 1 is 1.14 bits per heavy atom. The molecule has 0 N–H and O–H groups in total. The van der Waals surface area contributed by atoms with Crippen LogP contribution < -0.4 is 14.2 Å². The lowest BCUT2D eigenvalue weighted by molar-refractivity contribution is 0.0989. The highest BCUT2D eigenvalue weighted by Crippen LogP contribution is 2.41. The van der Waals surface area contributed by atoms with Crippen LogP contribution in [0.3, 0.4) is 0 Å². The van der Waals surface area contributed by atoms with Gasteiger partial charge >= 0.3 is 0 Å². The van der Waals surface area contributed by atoms with E-state index in [4.69, 9.17) is 14.2 Å². The summed E-state index contributed by atoms with van der Waals surface area (Å²) in [5, 5.41) is 0. The van der Waals surface area contributed by atoms with Crippen LogP contribution in [0.4, 0.5) is 4.39 Å². The summed E-state index contributed by atoms with van der Waals surface area (Å²) in [5.41, 5.74) is 0.550. The van der Waals surface area contributed by atoms with E-state index in [2.05, 4.69) is 0 Å². The summed E-state index contributed by atoms with van der Waals surface area (Å²) in [5.74, 6) is 0.770. The molecule has 0 saturated carbocycles. The summed E-state index contributed by atoms with van der Waals surface area (Å²) >= 11 is 0. The van der Waals surface area contributed by atoms with Crippen molar-refractivity contribution in [1.29, 1.82) is 0 Å². The van der Waals surface area contributed by atoms with E-state index in [-0.39, 0.29) is 17.8 Å². The number of Topliss-reactive ketones (excluding diaryl/α,β-unsaturated/α-hetero) is 1. The first-order valence-electron chi connectivity index (χ1n) is 6.38. The number of carbonyl (C=O) groups excluding carboxylic acids is 1. The van der Waals surface area contributed by atoms with Gasteiger partial charge in [0, 0.05) is 24.1 Å². The number of rotatable bonds is 2. The molecule has 108 valence electrons. The highest BCUT2D eigenvalue weighted by atomic mass is 19.1. The minimum absolute atomic E-state index is 0.0717. The zero-order valence-electron chi connectivity index (χ0n) is 11.6. The molecule has 1 aliphatic rings. The SMILES string of the molecule is COc1cc(OC)c2c(c1)Oc1cccc(F)c1CC2=O. The van der Waals surface area contributed by atoms with Gasteiger partial charge in [0.15, 0.2) is 5.78 Å². The quantitative estimate of drug-likeness (QED) is 0.850. The van der Waals surface area contributed by atoms with Crippen LogP contribution in [0.15, 0.2) is 30.3 Å². The molecule has 0 fully saturated rings. The van der Waals surface area contributed by atoms with Crippen molar-refractivity contribution in [1.82, 2.24) is 0 Å². The van der Waals surface area contributed by atoms with Crippen LogP contribution in [0.5, 0.6) is 23.0 Å². The second-order valence-electron chi connectivity index (χ2n) is 4.62. The summed E-state index contributed by atoms with van der Waals surface area (Å²) in [4.78, 5) is 12.4. The first-order chi connectivity index (χ1) is 10.1. The normalized spacial score (nSPS) is 12.8. The highest BCUT2D eigenvalue weighted by molar-refractivity contribution is 6.03. The Morgan fingerprint density at radius 2 is 1.95 bits per heavy atom. The Bertz CT molecular complexity index is 724. The summed E-state index contributed by atoms with van der Waals surface area (Å²) in [6.45, 7) is 0. The molecule has 0 saturated heterocycles. The second kappa shape index (κ2) is 5.09. The van der Waals surface area contributed by atoms with E-state index in [9.17, 15) is 9.18 Å². The van der Waals surface area contributed by atoms with Crippen LogP contribution in [0, 0.1) is 5.82 Å². The zero-order valence-corrected chi connectivity index (χ0v) is 11.6. The maximum absolute atomic E-state index is 13.9. The fourth-order valence-electron chi connectivity index (χ4n) is 2.37. The fraction of sp³-hybridized carbons (Fsp3) is 0.188. The van der Waals surface area contributed by atoms with Gasteiger partial charge in [0.1, 0.15) is 34.4 Å². The third kappa shape index (κ3) is 2.20. The van der Waals surface area contributed by atoms with Crippen molar-refractivity contribution in [3.63, 3.8) is 0 Å². The molecule has 3 rings (SSSR count). The monoisotopic (exact) mass is 288 g/mol. The van der Waals surface area contributed by atoms with E-state index in [1.165, 1.54) is 20.3 Å². The summed E-state index contributed by atoms with van der Waals surface area (Å²) in [6.07, 6.45) is -0.0717. The van der Waals surface area contributed by atoms with E-state index < -0.39 is 5.82 Å². The summed E-state index contributed by atoms with van der Waals surface area (Å²) in [6, 6.07) is 7.68. The molecule has 0 aliphatic carbocycles. The largest absolute Gasteiger partial charge is 0.496 e. The topological polar surface area (TPSA) is 44.8 Å². The number of hydrogen-bond donors (Lipinski definition) is 0. The predicted octanol–water partition coefficient (Wildman–Crippen LogP) is 3.37. The molecule has 0 amide bonds. The molecule has 4 nitrogen and oxygen atoms in total. The van der Waals surface area contributed by atoms with Crippen LogP contribution >= 0.6 is 0 Å². The molecule has 0 radical (unpaired) electrons. The Hall–Kier alpha value is -2.56. The minimum Gasteiger partial charge on any atom is -0.496 e. The molecule has 5 heteroatoms. The molecule has 1 aliphatic heterocycles. The molecule has 0 spiro atoms.